The number of benzene rings is 1. The number of anilines is 1. The third-order valence-corrected chi connectivity index (χ3v) is 6.51. The average Bonchev–Trinajstić information content (AvgIpc) is 3.19. The molecule has 2 aromatic heterocycles. The van der Waals surface area contributed by atoms with Crippen LogP contribution in [0.25, 0.3) is 0 Å². The Morgan fingerprint density at radius 2 is 1.93 bits per heavy atom. The van der Waals surface area contributed by atoms with Crippen molar-refractivity contribution in [3.8, 4) is 5.75 Å². The lowest BCUT2D eigenvalue weighted by Gasteiger charge is -2.36. The van der Waals surface area contributed by atoms with E-state index in [-0.39, 0.29) is 5.91 Å². The molecular formula is C21H22ClN5O2S. The molecule has 0 bridgehead atoms. The number of piperazine rings is 1. The molecule has 3 heterocycles. The van der Waals surface area contributed by atoms with Gasteiger partial charge in [0.05, 0.1) is 23.4 Å². The van der Waals surface area contributed by atoms with Crippen molar-refractivity contribution in [2.45, 2.75) is 10.2 Å². The molecule has 4 rings (SSSR count). The summed E-state index contributed by atoms with van der Waals surface area (Å²) in [7, 11) is 3.58. The van der Waals surface area contributed by atoms with Crippen molar-refractivity contribution < 1.29 is 9.53 Å². The third-order valence-electron chi connectivity index (χ3n) is 5.01. The predicted molar refractivity (Wildman–Crippen MR) is 118 cm³/mol. The number of aryl methyl sites for hydroxylation is 1. The van der Waals surface area contributed by atoms with Gasteiger partial charge in [-0.2, -0.15) is 0 Å². The van der Waals surface area contributed by atoms with E-state index in [2.05, 4.69) is 14.9 Å². The molecule has 1 aliphatic heterocycles. The topological polar surface area (TPSA) is 63.5 Å². The zero-order chi connectivity index (χ0) is 21.1. The van der Waals surface area contributed by atoms with Crippen LogP contribution in [0.15, 0.2) is 59.1 Å². The van der Waals surface area contributed by atoms with Gasteiger partial charge in [0, 0.05) is 51.8 Å². The molecule has 1 amide bonds. The number of aromatic nitrogens is 3. The van der Waals surface area contributed by atoms with Gasteiger partial charge in [0.25, 0.3) is 5.91 Å². The van der Waals surface area contributed by atoms with Gasteiger partial charge in [0.1, 0.15) is 10.8 Å². The van der Waals surface area contributed by atoms with Crippen LogP contribution in [0.3, 0.4) is 0 Å². The second-order valence-corrected chi connectivity index (χ2v) is 8.25. The third kappa shape index (κ3) is 4.24. The lowest BCUT2D eigenvalue weighted by molar-refractivity contribution is 0.0746. The fourth-order valence-electron chi connectivity index (χ4n) is 3.38. The summed E-state index contributed by atoms with van der Waals surface area (Å²) < 4.78 is 7.35. The highest BCUT2D eigenvalue weighted by molar-refractivity contribution is 7.99. The molecular weight excluding hydrogens is 422 g/mol. The molecule has 1 fully saturated rings. The number of carbonyl (C=O) groups excluding carboxylic acids is 1. The maximum atomic E-state index is 13.0. The molecule has 1 saturated heterocycles. The Kier molecular flexibility index (Phi) is 6.15. The number of hydrogen-bond acceptors (Lipinski definition) is 6. The van der Waals surface area contributed by atoms with Crippen LogP contribution in [0.5, 0.6) is 5.75 Å². The smallest absolute Gasteiger partial charge is 0.255 e. The summed E-state index contributed by atoms with van der Waals surface area (Å²) in [4.78, 5) is 25.7. The van der Waals surface area contributed by atoms with Crippen molar-refractivity contribution in [3.63, 3.8) is 0 Å². The summed E-state index contributed by atoms with van der Waals surface area (Å²) >= 11 is 7.78. The minimum Gasteiger partial charge on any atom is -0.495 e. The fourth-order valence-corrected chi connectivity index (χ4v) is 4.41. The molecule has 7 nitrogen and oxygen atoms in total. The summed E-state index contributed by atoms with van der Waals surface area (Å²) in [6.45, 7) is 2.72. The van der Waals surface area contributed by atoms with Crippen molar-refractivity contribution in [2.75, 3.05) is 38.2 Å². The van der Waals surface area contributed by atoms with Crippen LogP contribution in [0, 0.1) is 0 Å². The minimum absolute atomic E-state index is 0.0578. The Hall–Kier alpha value is -2.71. The summed E-state index contributed by atoms with van der Waals surface area (Å²) in [5, 5.41) is 1.86. The van der Waals surface area contributed by atoms with Crippen LogP contribution >= 0.6 is 23.4 Å². The van der Waals surface area contributed by atoms with Crippen molar-refractivity contribution in [1.29, 1.82) is 0 Å². The molecule has 3 aromatic rings. The predicted octanol–water partition coefficient (Wildman–Crippen LogP) is 3.59. The summed E-state index contributed by atoms with van der Waals surface area (Å²) in [6, 6.07) is 9.63. The highest BCUT2D eigenvalue weighted by Crippen LogP contribution is 2.31. The number of nitrogens with zero attached hydrogens (tertiary/aromatic N) is 5. The van der Waals surface area contributed by atoms with Gasteiger partial charge in [0.15, 0.2) is 5.16 Å². The van der Waals surface area contributed by atoms with Gasteiger partial charge < -0.3 is 19.1 Å². The van der Waals surface area contributed by atoms with Crippen LogP contribution in [0.2, 0.25) is 5.02 Å². The van der Waals surface area contributed by atoms with Crippen molar-refractivity contribution in [3.05, 3.63) is 59.5 Å². The molecule has 9 heteroatoms. The lowest BCUT2D eigenvalue weighted by atomic mass is 10.2. The van der Waals surface area contributed by atoms with Crippen molar-refractivity contribution in [2.24, 2.45) is 7.05 Å². The second kappa shape index (κ2) is 8.97. The lowest BCUT2D eigenvalue weighted by Crippen LogP contribution is -2.48. The van der Waals surface area contributed by atoms with E-state index >= 15 is 0 Å². The number of hydrogen-bond donors (Lipinski definition) is 0. The highest BCUT2D eigenvalue weighted by Gasteiger charge is 2.24. The van der Waals surface area contributed by atoms with E-state index < -0.39 is 0 Å². The Labute approximate surface area is 184 Å². The first-order valence-electron chi connectivity index (χ1n) is 9.55. The number of imidazole rings is 1. The summed E-state index contributed by atoms with van der Waals surface area (Å²) in [6.07, 6.45) is 5.17. The molecule has 1 aromatic carbocycles. The van der Waals surface area contributed by atoms with Crippen LogP contribution < -0.4 is 9.64 Å². The first-order valence-corrected chi connectivity index (χ1v) is 10.7. The minimum atomic E-state index is -0.0578. The summed E-state index contributed by atoms with van der Waals surface area (Å²) in [5.41, 5.74) is 1.54. The van der Waals surface area contributed by atoms with Gasteiger partial charge in [0.2, 0.25) is 0 Å². The van der Waals surface area contributed by atoms with Crippen LogP contribution in [-0.2, 0) is 7.05 Å². The van der Waals surface area contributed by atoms with E-state index in [0.29, 0.717) is 28.7 Å². The molecule has 0 N–H and O–H groups in total. The normalized spacial score (nSPS) is 14.1. The zero-order valence-corrected chi connectivity index (χ0v) is 18.4. The monoisotopic (exact) mass is 443 g/mol. The fraction of sp³-hybridized carbons (Fsp3) is 0.286. The van der Waals surface area contributed by atoms with E-state index in [9.17, 15) is 4.79 Å². The van der Waals surface area contributed by atoms with Gasteiger partial charge in [-0.15, -0.1) is 0 Å². The van der Waals surface area contributed by atoms with Gasteiger partial charge in [-0.1, -0.05) is 23.7 Å². The molecule has 0 saturated carbocycles. The Bertz CT molecular complexity index is 1050. The van der Waals surface area contributed by atoms with Gasteiger partial charge >= 0.3 is 0 Å². The quantitative estimate of drug-likeness (QED) is 0.600. The van der Waals surface area contributed by atoms with Gasteiger partial charge in [-0.3, -0.25) is 4.79 Å². The molecule has 156 valence electrons. The largest absolute Gasteiger partial charge is 0.495 e. The molecule has 0 unspecified atom stereocenters. The SMILES string of the molecule is COc1ccccc1N1CCN(C(=O)c2cnc(Sc3nccn3C)c(Cl)c2)CC1. The summed E-state index contributed by atoms with van der Waals surface area (Å²) in [5.74, 6) is 0.784. The number of amides is 1. The van der Waals surface area contributed by atoms with Gasteiger partial charge in [-0.25, -0.2) is 9.97 Å². The number of rotatable bonds is 5. The van der Waals surface area contributed by atoms with E-state index in [1.165, 1.54) is 11.8 Å². The molecule has 0 atom stereocenters. The number of methoxy groups -OCH3 is 1. The molecule has 0 radical (unpaired) electrons. The number of halogens is 1. The van der Waals surface area contributed by atoms with E-state index in [4.69, 9.17) is 16.3 Å². The molecule has 0 aliphatic carbocycles. The van der Waals surface area contributed by atoms with Gasteiger partial charge in [-0.05, 0) is 30.0 Å². The van der Waals surface area contributed by atoms with E-state index in [0.717, 1.165) is 29.7 Å². The molecule has 1 aliphatic rings. The maximum Gasteiger partial charge on any atom is 0.255 e. The standard InChI is InChI=1S/C21H22ClN5O2S/c1-25-8-7-23-21(25)30-19-16(22)13-15(14-24-19)20(28)27-11-9-26(10-12-27)17-5-3-4-6-18(17)29-2/h3-8,13-14H,9-12H2,1-2H3. The Morgan fingerprint density at radius 3 is 2.60 bits per heavy atom. The van der Waals surface area contributed by atoms with Crippen LogP contribution in [0.1, 0.15) is 10.4 Å². The number of carbonyl (C=O) groups is 1. The van der Waals surface area contributed by atoms with E-state index in [1.807, 2.05) is 47.0 Å². The van der Waals surface area contributed by atoms with Crippen LogP contribution in [0.4, 0.5) is 5.69 Å². The zero-order valence-electron chi connectivity index (χ0n) is 16.8. The number of pyridine rings is 1. The second-order valence-electron chi connectivity index (χ2n) is 6.88. The Balaban J connectivity index is 1.42. The van der Waals surface area contributed by atoms with Crippen molar-refractivity contribution >= 4 is 35.0 Å². The van der Waals surface area contributed by atoms with Crippen LogP contribution in [-0.4, -0.2) is 58.6 Å². The number of para-hydroxylation sites is 2. The first kappa shape index (κ1) is 20.6. The maximum absolute atomic E-state index is 13.0. The first-order chi connectivity index (χ1) is 14.6. The molecule has 30 heavy (non-hydrogen) atoms. The van der Waals surface area contributed by atoms with E-state index in [1.54, 1.807) is 25.6 Å². The Morgan fingerprint density at radius 1 is 1.17 bits per heavy atom. The molecule has 0 spiro atoms. The highest BCUT2D eigenvalue weighted by atomic mass is 35.5. The van der Waals surface area contributed by atoms with Crippen molar-refractivity contribution in [1.82, 2.24) is 19.4 Å². The average molecular weight is 444 g/mol. The number of ether oxygens (including phenoxy) is 1.